The maximum atomic E-state index is 12.6. The highest BCUT2D eigenvalue weighted by Crippen LogP contribution is 2.48. The van der Waals surface area contributed by atoms with Gasteiger partial charge in [-0.2, -0.15) is 0 Å². The van der Waals surface area contributed by atoms with E-state index >= 15 is 0 Å². The van der Waals surface area contributed by atoms with Crippen LogP contribution < -0.4 is 5.32 Å². The molecule has 3 aliphatic rings. The minimum Gasteiger partial charge on any atom is -0.422 e. The monoisotopic (exact) mass is 287 g/mol. The number of ketones is 1. The van der Waals surface area contributed by atoms with Crippen molar-refractivity contribution in [3.05, 3.63) is 57.0 Å². The van der Waals surface area contributed by atoms with Crippen molar-refractivity contribution in [1.82, 2.24) is 10.2 Å². The zero-order valence-corrected chi connectivity index (χ0v) is 10.7. The lowest BCUT2D eigenvalue weighted by Crippen LogP contribution is -2.46. The fraction of sp³-hybridized carbons (Fsp3) is 0.231. The predicted molar refractivity (Wildman–Crippen MR) is 67.3 cm³/mol. The molecule has 3 heterocycles. The molecule has 8 heteroatoms. The number of hydrogen-bond acceptors (Lipinski definition) is 7. The molecule has 4 rings (SSSR count). The molecule has 3 aliphatic heterocycles. The molecule has 106 valence electrons. The number of ether oxygens (including phenoxy) is 1. The normalized spacial score (nSPS) is 26.0. The average molecular weight is 287 g/mol. The van der Waals surface area contributed by atoms with Crippen LogP contribution in [0.5, 0.6) is 0 Å². The minimum atomic E-state index is -1.73. The molecule has 1 atom stereocenters. The summed E-state index contributed by atoms with van der Waals surface area (Å²) in [6, 6.07) is 6.47. The topological polar surface area (TPSA) is 102 Å². The molecular formula is C13H9N3O5. The molecule has 0 bridgehead atoms. The van der Waals surface area contributed by atoms with Crippen molar-refractivity contribution >= 4 is 11.8 Å². The van der Waals surface area contributed by atoms with Gasteiger partial charge in [0.2, 0.25) is 0 Å². The lowest BCUT2D eigenvalue weighted by molar-refractivity contribution is -0.420. The summed E-state index contributed by atoms with van der Waals surface area (Å²) in [4.78, 5) is 36.6. The summed E-state index contributed by atoms with van der Waals surface area (Å²) in [5.74, 6) is -1.34. The Morgan fingerprint density at radius 1 is 1.33 bits per heavy atom. The highest BCUT2D eigenvalue weighted by molar-refractivity contribution is 6.10. The Morgan fingerprint density at radius 2 is 2.10 bits per heavy atom. The van der Waals surface area contributed by atoms with Gasteiger partial charge in [-0.05, 0) is 6.07 Å². The summed E-state index contributed by atoms with van der Waals surface area (Å²) in [6.45, 7) is 0.793. The summed E-state index contributed by atoms with van der Waals surface area (Å²) < 4.78 is 5.34. The van der Waals surface area contributed by atoms with Crippen molar-refractivity contribution in [1.29, 1.82) is 0 Å². The van der Waals surface area contributed by atoms with E-state index in [1.165, 1.54) is 4.90 Å². The van der Waals surface area contributed by atoms with Gasteiger partial charge in [0.1, 0.15) is 0 Å². The Hall–Kier alpha value is -2.90. The largest absolute Gasteiger partial charge is 0.422 e. The Kier molecular flexibility index (Phi) is 2.04. The quantitative estimate of drug-likeness (QED) is 0.438. The number of fused-ring (bicyclic) bond motifs is 4. The Labute approximate surface area is 118 Å². The van der Waals surface area contributed by atoms with Crippen molar-refractivity contribution in [2.45, 2.75) is 5.72 Å². The van der Waals surface area contributed by atoms with Gasteiger partial charge < -0.3 is 15.0 Å². The first-order valence-electron chi connectivity index (χ1n) is 6.35. The first-order chi connectivity index (χ1) is 10.1. The molecular weight excluding hydrogens is 278 g/mol. The van der Waals surface area contributed by atoms with Gasteiger partial charge in [-0.15, -0.1) is 0 Å². The molecule has 1 saturated heterocycles. The van der Waals surface area contributed by atoms with Gasteiger partial charge in [-0.3, -0.25) is 14.9 Å². The zero-order valence-electron chi connectivity index (χ0n) is 10.7. The standard InChI is InChI=1S/C13H9N3O5/c17-10-9(16(19)20)11-14-5-6-15(11)13(10)8-4-2-1-3-7(8)12(18)21-13/h1-4,14H,5-6H2. The molecule has 8 nitrogen and oxygen atoms in total. The van der Waals surface area contributed by atoms with Gasteiger partial charge in [0.25, 0.3) is 5.72 Å². The maximum Gasteiger partial charge on any atom is 0.358 e. The van der Waals surface area contributed by atoms with Gasteiger partial charge >= 0.3 is 17.4 Å². The van der Waals surface area contributed by atoms with E-state index in [2.05, 4.69) is 5.32 Å². The molecule has 1 unspecified atom stereocenters. The minimum absolute atomic E-state index is 0.120. The van der Waals surface area contributed by atoms with E-state index in [0.717, 1.165) is 0 Å². The second-order valence-electron chi connectivity index (χ2n) is 4.94. The molecule has 0 radical (unpaired) electrons. The van der Waals surface area contributed by atoms with Crippen molar-refractivity contribution in [2.75, 3.05) is 13.1 Å². The second kappa shape index (κ2) is 3.60. The molecule has 1 N–H and O–H groups in total. The molecule has 0 saturated carbocycles. The van der Waals surface area contributed by atoms with Gasteiger partial charge in [0.05, 0.1) is 10.5 Å². The fourth-order valence-electron chi connectivity index (χ4n) is 3.15. The van der Waals surface area contributed by atoms with Gasteiger partial charge in [0.15, 0.2) is 5.82 Å². The van der Waals surface area contributed by atoms with Crippen LogP contribution in [0.4, 0.5) is 0 Å². The lowest BCUT2D eigenvalue weighted by atomic mass is 9.96. The van der Waals surface area contributed by atoms with Crippen LogP contribution in [-0.2, 0) is 15.3 Å². The highest BCUT2D eigenvalue weighted by atomic mass is 16.6. The lowest BCUT2D eigenvalue weighted by Gasteiger charge is -2.30. The van der Waals surface area contributed by atoms with Crippen molar-refractivity contribution in [3.63, 3.8) is 0 Å². The number of nitrogens with one attached hydrogen (secondary N) is 1. The van der Waals surface area contributed by atoms with Crippen LogP contribution in [0.2, 0.25) is 0 Å². The van der Waals surface area contributed by atoms with E-state index in [9.17, 15) is 19.7 Å². The summed E-state index contributed by atoms with van der Waals surface area (Å²) >= 11 is 0. The van der Waals surface area contributed by atoms with Crippen LogP contribution >= 0.6 is 0 Å². The smallest absolute Gasteiger partial charge is 0.358 e. The average Bonchev–Trinajstić information content (AvgIpc) is 3.08. The number of benzene rings is 1. The summed E-state index contributed by atoms with van der Waals surface area (Å²) in [6.07, 6.45) is 0. The SMILES string of the molecule is O=C1OC2(C(=O)C([N+](=O)[O-])=C3NCCN32)c2ccccc21. The number of esters is 1. The van der Waals surface area contributed by atoms with Gasteiger partial charge in [-0.25, -0.2) is 4.79 Å². The Balaban J connectivity index is 1.98. The van der Waals surface area contributed by atoms with Crippen LogP contribution in [0.15, 0.2) is 35.8 Å². The van der Waals surface area contributed by atoms with Crippen LogP contribution in [-0.4, -0.2) is 34.7 Å². The molecule has 21 heavy (non-hydrogen) atoms. The third-order valence-corrected chi connectivity index (χ3v) is 3.96. The second-order valence-corrected chi connectivity index (χ2v) is 4.94. The van der Waals surface area contributed by atoms with Crippen LogP contribution in [0.1, 0.15) is 15.9 Å². The van der Waals surface area contributed by atoms with Gasteiger partial charge in [0, 0.05) is 18.7 Å². The number of carbonyl (C=O) groups excluding carboxylic acids is 2. The molecule has 1 aromatic rings. The molecule has 0 amide bonds. The Morgan fingerprint density at radius 3 is 2.86 bits per heavy atom. The molecule has 1 spiro atoms. The number of nitro groups is 1. The first-order valence-corrected chi connectivity index (χ1v) is 6.35. The third kappa shape index (κ3) is 1.20. The molecule has 1 fully saturated rings. The van der Waals surface area contributed by atoms with E-state index < -0.39 is 28.1 Å². The van der Waals surface area contributed by atoms with Crippen molar-refractivity contribution in [2.24, 2.45) is 0 Å². The molecule has 0 aromatic heterocycles. The number of nitrogens with zero attached hydrogens (tertiary/aromatic N) is 2. The number of hydrogen-bond donors (Lipinski definition) is 1. The van der Waals surface area contributed by atoms with Crippen molar-refractivity contribution < 1.29 is 19.2 Å². The summed E-state index contributed by atoms with van der Waals surface area (Å²) in [5, 5.41) is 14.0. The number of Topliss-reactive ketones (excluding diaryl/α,β-unsaturated/α-hetero) is 1. The number of carbonyl (C=O) groups is 2. The number of rotatable bonds is 1. The fourth-order valence-corrected chi connectivity index (χ4v) is 3.15. The van der Waals surface area contributed by atoms with E-state index in [1.54, 1.807) is 24.3 Å². The third-order valence-electron chi connectivity index (χ3n) is 3.96. The van der Waals surface area contributed by atoms with Crippen molar-refractivity contribution in [3.8, 4) is 0 Å². The summed E-state index contributed by atoms with van der Waals surface area (Å²) in [7, 11) is 0. The van der Waals surface area contributed by atoms with Crippen LogP contribution in [0.3, 0.4) is 0 Å². The Bertz CT molecular complexity index is 756. The van der Waals surface area contributed by atoms with E-state index in [0.29, 0.717) is 18.7 Å². The van der Waals surface area contributed by atoms with Crippen LogP contribution in [0.25, 0.3) is 0 Å². The van der Waals surface area contributed by atoms with E-state index in [1.807, 2.05) is 0 Å². The van der Waals surface area contributed by atoms with E-state index in [4.69, 9.17) is 4.74 Å². The first kappa shape index (κ1) is 11.9. The molecule has 0 aliphatic carbocycles. The summed E-state index contributed by atoms with van der Waals surface area (Å²) in [5.41, 5.74) is -1.66. The maximum absolute atomic E-state index is 12.6. The van der Waals surface area contributed by atoms with Crippen LogP contribution in [0, 0.1) is 10.1 Å². The van der Waals surface area contributed by atoms with Gasteiger partial charge in [-0.1, -0.05) is 18.2 Å². The van der Waals surface area contributed by atoms with E-state index in [-0.39, 0.29) is 11.4 Å². The highest BCUT2D eigenvalue weighted by Gasteiger charge is 2.67. The molecule has 1 aromatic carbocycles. The predicted octanol–water partition coefficient (Wildman–Crippen LogP) is -0.0565. The zero-order chi connectivity index (χ0) is 14.8.